The molecule has 0 aromatic heterocycles. The quantitative estimate of drug-likeness (QED) is 0.731. The zero-order chi connectivity index (χ0) is 9.31. The van der Waals surface area contributed by atoms with Gasteiger partial charge in [-0.1, -0.05) is 13.8 Å². The maximum absolute atomic E-state index is 6.02. The number of hydrogen-bond donors (Lipinski definition) is 1. The van der Waals surface area contributed by atoms with Gasteiger partial charge in [-0.2, -0.15) is 0 Å². The molecular weight excluding hydrogens is 198 g/mol. The number of halogens is 1. The molecule has 0 bridgehead atoms. The summed E-state index contributed by atoms with van der Waals surface area (Å²) in [5, 5.41) is 3.40. The predicted octanol–water partition coefficient (Wildman–Crippen LogP) is 2.22. The minimum absolute atomic E-state index is 0. The Morgan fingerprint density at radius 3 is 2.43 bits per heavy atom. The van der Waals surface area contributed by atoms with Crippen molar-refractivity contribution in [2.45, 2.75) is 38.7 Å². The Bertz CT molecular complexity index is 178. The first-order valence-corrected chi connectivity index (χ1v) is 5.57. The van der Waals surface area contributed by atoms with E-state index in [2.05, 4.69) is 19.2 Å². The van der Waals surface area contributed by atoms with Crippen molar-refractivity contribution in [2.24, 2.45) is 11.8 Å². The second kappa shape index (κ2) is 4.82. The molecule has 0 saturated carbocycles. The van der Waals surface area contributed by atoms with Crippen LogP contribution in [0.1, 0.15) is 33.1 Å². The highest BCUT2D eigenvalue weighted by atomic mass is 35.5. The fourth-order valence-electron chi connectivity index (χ4n) is 2.54. The lowest BCUT2D eigenvalue weighted by Crippen LogP contribution is -2.41. The summed E-state index contributed by atoms with van der Waals surface area (Å²) in [5.74, 6) is 1.59. The molecule has 2 aliphatic heterocycles. The molecule has 2 rings (SSSR count). The summed E-state index contributed by atoms with van der Waals surface area (Å²) < 4.78 is 6.02. The molecular formula is C11H22ClNO. The van der Waals surface area contributed by atoms with Gasteiger partial charge in [0.2, 0.25) is 0 Å². The lowest BCUT2D eigenvalue weighted by Gasteiger charge is -2.33. The Morgan fingerprint density at radius 1 is 1.29 bits per heavy atom. The highest BCUT2D eigenvalue weighted by Crippen LogP contribution is 2.39. The van der Waals surface area contributed by atoms with Gasteiger partial charge in [0.05, 0.1) is 12.2 Å². The second-order valence-corrected chi connectivity index (χ2v) is 4.95. The first-order valence-electron chi connectivity index (χ1n) is 5.57. The lowest BCUT2D eigenvalue weighted by atomic mass is 9.82. The zero-order valence-electron chi connectivity index (χ0n) is 9.21. The van der Waals surface area contributed by atoms with E-state index < -0.39 is 0 Å². The summed E-state index contributed by atoms with van der Waals surface area (Å²) >= 11 is 0. The van der Waals surface area contributed by atoms with Gasteiger partial charge in [0, 0.05) is 0 Å². The number of hydrogen-bond acceptors (Lipinski definition) is 2. The molecule has 14 heavy (non-hydrogen) atoms. The van der Waals surface area contributed by atoms with Crippen LogP contribution in [-0.4, -0.2) is 25.3 Å². The van der Waals surface area contributed by atoms with Gasteiger partial charge >= 0.3 is 0 Å². The average molecular weight is 220 g/mol. The Morgan fingerprint density at radius 2 is 1.93 bits per heavy atom. The smallest absolute Gasteiger partial charge is 0.0710 e. The molecule has 1 atom stereocenters. The Labute approximate surface area is 93.2 Å². The van der Waals surface area contributed by atoms with E-state index in [0.717, 1.165) is 31.5 Å². The summed E-state index contributed by atoms with van der Waals surface area (Å²) in [4.78, 5) is 0. The molecule has 2 fully saturated rings. The Balaban J connectivity index is 0.000000980. The number of rotatable bonds is 1. The molecule has 1 unspecified atom stereocenters. The topological polar surface area (TPSA) is 21.3 Å². The van der Waals surface area contributed by atoms with Gasteiger partial charge < -0.3 is 10.1 Å². The molecule has 2 aliphatic rings. The summed E-state index contributed by atoms with van der Waals surface area (Å²) in [6, 6.07) is 0. The highest BCUT2D eigenvalue weighted by molar-refractivity contribution is 5.85. The highest BCUT2D eigenvalue weighted by Gasteiger charge is 2.41. The van der Waals surface area contributed by atoms with Crippen LogP contribution in [0.5, 0.6) is 0 Å². The molecule has 1 spiro atoms. The van der Waals surface area contributed by atoms with Gasteiger partial charge in [0.25, 0.3) is 0 Å². The van der Waals surface area contributed by atoms with E-state index >= 15 is 0 Å². The molecule has 0 amide bonds. The number of piperidine rings is 1. The van der Waals surface area contributed by atoms with Gasteiger partial charge in [-0.05, 0) is 44.2 Å². The van der Waals surface area contributed by atoms with Crippen LogP contribution >= 0.6 is 12.4 Å². The minimum atomic E-state index is 0. The molecule has 0 aromatic rings. The van der Waals surface area contributed by atoms with Crippen LogP contribution in [-0.2, 0) is 4.74 Å². The standard InChI is InChI=1S/C11H21NO.ClH/c1-9(2)10-7-11(13-8-10)3-5-12-6-4-11;/h9-10,12H,3-8H2,1-2H3;1H. The third-order valence-electron chi connectivity index (χ3n) is 3.70. The Hall–Kier alpha value is 0.210. The van der Waals surface area contributed by atoms with E-state index in [1.807, 2.05) is 0 Å². The van der Waals surface area contributed by atoms with Gasteiger partial charge in [0.1, 0.15) is 0 Å². The third-order valence-corrected chi connectivity index (χ3v) is 3.70. The monoisotopic (exact) mass is 219 g/mol. The van der Waals surface area contributed by atoms with Gasteiger partial charge in [-0.25, -0.2) is 0 Å². The van der Waals surface area contributed by atoms with Crippen molar-refractivity contribution in [3.05, 3.63) is 0 Å². The van der Waals surface area contributed by atoms with E-state index in [1.54, 1.807) is 0 Å². The van der Waals surface area contributed by atoms with Crippen LogP contribution in [0.4, 0.5) is 0 Å². The molecule has 2 heterocycles. The fraction of sp³-hybridized carbons (Fsp3) is 1.00. The van der Waals surface area contributed by atoms with E-state index in [9.17, 15) is 0 Å². The molecule has 0 radical (unpaired) electrons. The maximum atomic E-state index is 6.02. The molecule has 2 nitrogen and oxygen atoms in total. The van der Waals surface area contributed by atoms with Gasteiger partial charge in [0.15, 0.2) is 0 Å². The van der Waals surface area contributed by atoms with Crippen LogP contribution in [0.3, 0.4) is 0 Å². The summed E-state index contributed by atoms with van der Waals surface area (Å²) in [7, 11) is 0. The maximum Gasteiger partial charge on any atom is 0.0710 e. The molecule has 84 valence electrons. The Kier molecular flexibility index (Phi) is 4.23. The van der Waals surface area contributed by atoms with Crippen LogP contribution < -0.4 is 5.32 Å². The van der Waals surface area contributed by atoms with E-state index in [0.29, 0.717) is 0 Å². The fourth-order valence-corrected chi connectivity index (χ4v) is 2.54. The molecule has 1 N–H and O–H groups in total. The first-order chi connectivity index (χ1) is 6.22. The average Bonchev–Trinajstić information content (AvgIpc) is 2.51. The minimum Gasteiger partial charge on any atom is -0.375 e. The normalized spacial score (nSPS) is 30.6. The number of nitrogens with one attached hydrogen (secondary N) is 1. The largest absolute Gasteiger partial charge is 0.375 e. The second-order valence-electron chi connectivity index (χ2n) is 4.95. The lowest BCUT2D eigenvalue weighted by molar-refractivity contribution is -0.0199. The first kappa shape index (κ1) is 12.3. The third kappa shape index (κ3) is 2.41. The van der Waals surface area contributed by atoms with Crippen molar-refractivity contribution in [2.75, 3.05) is 19.7 Å². The zero-order valence-corrected chi connectivity index (χ0v) is 10.0. The summed E-state index contributed by atoms with van der Waals surface area (Å²) in [5.41, 5.74) is 0.264. The SMILES string of the molecule is CC(C)C1COC2(CCNCC2)C1.Cl. The van der Waals surface area contributed by atoms with Gasteiger partial charge in [-0.15, -0.1) is 12.4 Å². The summed E-state index contributed by atoms with van der Waals surface area (Å²) in [6.07, 6.45) is 3.73. The van der Waals surface area contributed by atoms with Crippen molar-refractivity contribution in [3.63, 3.8) is 0 Å². The van der Waals surface area contributed by atoms with Crippen molar-refractivity contribution in [3.8, 4) is 0 Å². The van der Waals surface area contributed by atoms with Crippen LogP contribution in [0, 0.1) is 11.8 Å². The van der Waals surface area contributed by atoms with Crippen molar-refractivity contribution >= 4 is 12.4 Å². The summed E-state index contributed by atoms with van der Waals surface area (Å²) in [6.45, 7) is 7.91. The molecule has 0 aliphatic carbocycles. The van der Waals surface area contributed by atoms with Crippen LogP contribution in [0.2, 0.25) is 0 Å². The van der Waals surface area contributed by atoms with Crippen molar-refractivity contribution in [1.29, 1.82) is 0 Å². The van der Waals surface area contributed by atoms with Crippen molar-refractivity contribution in [1.82, 2.24) is 5.32 Å². The van der Waals surface area contributed by atoms with Crippen LogP contribution in [0.15, 0.2) is 0 Å². The molecule has 2 saturated heterocycles. The number of ether oxygens (including phenoxy) is 1. The molecule has 3 heteroatoms. The molecule has 0 aromatic carbocycles. The van der Waals surface area contributed by atoms with Gasteiger partial charge in [-0.3, -0.25) is 0 Å². The van der Waals surface area contributed by atoms with Crippen LogP contribution in [0.25, 0.3) is 0 Å². The van der Waals surface area contributed by atoms with E-state index in [1.165, 1.54) is 19.3 Å². The van der Waals surface area contributed by atoms with E-state index in [4.69, 9.17) is 4.74 Å². The van der Waals surface area contributed by atoms with Crippen molar-refractivity contribution < 1.29 is 4.74 Å². The predicted molar refractivity (Wildman–Crippen MR) is 61.0 cm³/mol. The van der Waals surface area contributed by atoms with E-state index in [-0.39, 0.29) is 18.0 Å².